The molecule has 2 aromatic rings. The van der Waals surface area contributed by atoms with Crippen LogP contribution in [0.5, 0.6) is 0 Å². The molecule has 3 heterocycles. The van der Waals surface area contributed by atoms with Crippen LogP contribution < -0.4 is 10.5 Å². The van der Waals surface area contributed by atoms with Crippen LogP contribution in [-0.4, -0.2) is 34.5 Å². The van der Waals surface area contributed by atoms with Crippen LogP contribution in [0.2, 0.25) is 0 Å². The summed E-state index contributed by atoms with van der Waals surface area (Å²) in [5.74, 6) is -0.459. The predicted molar refractivity (Wildman–Crippen MR) is 95.1 cm³/mol. The van der Waals surface area contributed by atoms with Crippen LogP contribution in [0.3, 0.4) is 0 Å². The molecule has 1 aromatic carbocycles. The maximum absolute atomic E-state index is 13.9. The first-order valence-electron chi connectivity index (χ1n) is 9.14. The highest BCUT2D eigenvalue weighted by Gasteiger charge is 2.24. The Hall–Kier alpha value is -2.28. The lowest BCUT2D eigenvalue weighted by atomic mass is 10.1. The molecule has 4 rings (SSSR count). The van der Waals surface area contributed by atoms with Gasteiger partial charge in [-0.2, -0.15) is 0 Å². The van der Waals surface area contributed by atoms with E-state index in [1.54, 1.807) is 0 Å². The van der Waals surface area contributed by atoms with Gasteiger partial charge >= 0.3 is 0 Å². The number of anilines is 1. The second-order valence-corrected chi connectivity index (χ2v) is 7.02. The van der Waals surface area contributed by atoms with Gasteiger partial charge in [0.25, 0.3) is 5.56 Å². The van der Waals surface area contributed by atoms with E-state index >= 15 is 0 Å². The molecule has 0 aliphatic carbocycles. The zero-order valence-corrected chi connectivity index (χ0v) is 14.6. The number of halogens is 2. The molecule has 0 amide bonds. The predicted octanol–water partition coefficient (Wildman–Crippen LogP) is 2.60. The molecule has 1 saturated heterocycles. The third-order valence-electron chi connectivity index (χ3n) is 5.24. The Morgan fingerprint density at radius 2 is 1.81 bits per heavy atom. The van der Waals surface area contributed by atoms with Crippen molar-refractivity contribution in [2.75, 3.05) is 24.5 Å². The van der Waals surface area contributed by atoms with Crippen LogP contribution >= 0.6 is 0 Å². The van der Waals surface area contributed by atoms with E-state index in [4.69, 9.17) is 0 Å². The fourth-order valence-electron chi connectivity index (χ4n) is 3.78. The van der Waals surface area contributed by atoms with E-state index in [-0.39, 0.29) is 17.7 Å². The van der Waals surface area contributed by atoms with Crippen molar-refractivity contribution < 1.29 is 8.78 Å². The molecule has 1 aromatic heterocycles. The minimum absolute atomic E-state index is 0.0667. The third kappa shape index (κ3) is 3.35. The third-order valence-corrected chi connectivity index (χ3v) is 5.24. The van der Waals surface area contributed by atoms with Crippen molar-refractivity contribution in [3.05, 3.63) is 57.0 Å². The van der Waals surface area contributed by atoms with Gasteiger partial charge in [0, 0.05) is 43.9 Å². The molecule has 0 unspecified atom stereocenters. The summed E-state index contributed by atoms with van der Waals surface area (Å²) in [5, 5.41) is 0. The first-order chi connectivity index (χ1) is 12.6. The maximum atomic E-state index is 13.9. The van der Waals surface area contributed by atoms with Gasteiger partial charge in [0.15, 0.2) is 0 Å². The number of piperidine rings is 1. The van der Waals surface area contributed by atoms with Crippen molar-refractivity contribution in [2.24, 2.45) is 0 Å². The van der Waals surface area contributed by atoms with E-state index < -0.39 is 11.6 Å². The molecule has 0 radical (unpaired) electrons. The minimum Gasteiger partial charge on any atom is -0.342 e. The SMILES string of the molecule is O=c1[nH]c(N2CCCCC2)nc2c1CCN(Cc1c(F)cccc1F)C2. The number of rotatable bonds is 3. The van der Waals surface area contributed by atoms with Crippen molar-refractivity contribution in [3.63, 3.8) is 0 Å². The molecular formula is C19H22F2N4O. The molecule has 138 valence electrons. The van der Waals surface area contributed by atoms with Crippen LogP contribution in [0.25, 0.3) is 0 Å². The van der Waals surface area contributed by atoms with Crippen molar-refractivity contribution in [2.45, 2.75) is 38.8 Å². The Morgan fingerprint density at radius 1 is 1.08 bits per heavy atom. The number of aromatic amines is 1. The van der Waals surface area contributed by atoms with E-state index in [9.17, 15) is 13.6 Å². The number of nitrogens with zero attached hydrogens (tertiary/aromatic N) is 3. The standard InChI is InChI=1S/C19H22F2N4O/c20-15-5-4-6-16(21)14(15)11-24-10-7-13-17(12-24)22-19(23-18(13)26)25-8-2-1-3-9-25/h4-6H,1-3,7-12H2,(H,22,23,26). The molecule has 5 nitrogen and oxygen atoms in total. The molecule has 2 aliphatic rings. The van der Waals surface area contributed by atoms with Gasteiger partial charge in [0.2, 0.25) is 5.95 Å². The molecule has 1 N–H and O–H groups in total. The summed E-state index contributed by atoms with van der Waals surface area (Å²) in [6.45, 7) is 2.96. The van der Waals surface area contributed by atoms with Crippen LogP contribution in [-0.2, 0) is 19.5 Å². The molecule has 0 atom stereocenters. The van der Waals surface area contributed by atoms with Gasteiger partial charge in [-0.1, -0.05) is 6.07 Å². The lowest BCUT2D eigenvalue weighted by molar-refractivity contribution is 0.233. The van der Waals surface area contributed by atoms with Gasteiger partial charge in [0.1, 0.15) is 11.6 Å². The topological polar surface area (TPSA) is 52.2 Å². The molecule has 1 fully saturated rings. The van der Waals surface area contributed by atoms with E-state index in [0.717, 1.165) is 31.6 Å². The van der Waals surface area contributed by atoms with E-state index in [0.29, 0.717) is 31.0 Å². The summed E-state index contributed by atoms with van der Waals surface area (Å²) in [6, 6.07) is 3.91. The fraction of sp³-hybridized carbons (Fsp3) is 0.474. The van der Waals surface area contributed by atoms with Crippen molar-refractivity contribution >= 4 is 5.95 Å². The Kier molecular flexibility index (Phi) is 4.72. The van der Waals surface area contributed by atoms with Gasteiger partial charge in [-0.25, -0.2) is 13.8 Å². The van der Waals surface area contributed by atoms with Crippen LogP contribution in [0.4, 0.5) is 14.7 Å². The second kappa shape index (κ2) is 7.15. The monoisotopic (exact) mass is 360 g/mol. The van der Waals surface area contributed by atoms with Crippen LogP contribution in [0.1, 0.15) is 36.1 Å². The summed E-state index contributed by atoms with van der Waals surface area (Å²) < 4.78 is 27.9. The fourth-order valence-corrected chi connectivity index (χ4v) is 3.78. The molecular weight excluding hydrogens is 338 g/mol. The Balaban J connectivity index is 1.57. The average molecular weight is 360 g/mol. The molecule has 7 heteroatoms. The van der Waals surface area contributed by atoms with Gasteiger partial charge in [-0.05, 0) is 37.8 Å². The highest BCUT2D eigenvalue weighted by Crippen LogP contribution is 2.22. The number of H-pyrrole nitrogens is 1. The van der Waals surface area contributed by atoms with Gasteiger partial charge in [-0.15, -0.1) is 0 Å². The molecule has 0 bridgehead atoms. The van der Waals surface area contributed by atoms with Crippen LogP contribution in [0, 0.1) is 11.6 Å². The largest absolute Gasteiger partial charge is 0.342 e. The maximum Gasteiger partial charge on any atom is 0.255 e. The minimum atomic E-state index is -0.538. The van der Waals surface area contributed by atoms with Crippen molar-refractivity contribution in [1.29, 1.82) is 0 Å². The summed E-state index contributed by atoms with van der Waals surface area (Å²) in [4.78, 5) is 24.1. The first-order valence-corrected chi connectivity index (χ1v) is 9.14. The zero-order valence-electron chi connectivity index (χ0n) is 14.6. The lowest BCUT2D eigenvalue weighted by Crippen LogP contribution is -2.38. The summed E-state index contributed by atoms with van der Waals surface area (Å²) in [6.07, 6.45) is 3.93. The van der Waals surface area contributed by atoms with Crippen LogP contribution in [0.15, 0.2) is 23.0 Å². The normalized spacial score (nSPS) is 18.0. The van der Waals surface area contributed by atoms with Gasteiger partial charge in [0.05, 0.1) is 5.69 Å². The average Bonchev–Trinajstić information content (AvgIpc) is 2.65. The molecule has 0 spiro atoms. The number of benzene rings is 1. The van der Waals surface area contributed by atoms with E-state index in [2.05, 4.69) is 14.9 Å². The van der Waals surface area contributed by atoms with E-state index in [1.165, 1.54) is 24.6 Å². The smallest absolute Gasteiger partial charge is 0.255 e. The Labute approximate surface area is 150 Å². The summed E-state index contributed by atoms with van der Waals surface area (Å²) in [5.41, 5.74) is 1.39. The quantitative estimate of drug-likeness (QED) is 0.914. The zero-order chi connectivity index (χ0) is 18.1. The van der Waals surface area contributed by atoms with Crippen molar-refractivity contribution in [3.8, 4) is 0 Å². The van der Waals surface area contributed by atoms with Gasteiger partial charge < -0.3 is 4.90 Å². The van der Waals surface area contributed by atoms with Gasteiger partial charge in [-0.3, -0.25) is 14.7 Å². The highest BCUT2D eigenvalue weighted by molar-refractivity contribution is 5.35. The number of fused-ring (bicyclic) bond motifs is 1. The first kappa shape index (κ1) is 17.1. The highest BCUT2D eigenvalue weighted by atomic mass is 19.1. The molecule has 26 heavy (non-hydrogen) atoms. The number of hydrogen-bond donors (Lipinski definition) is 1. The molecule has 2 aliphatic heterocycles. The molecule has 0 saturated carbocycles. The number of hydrogen-bond acceptors (Lipinski definition) is 4. The van der Waals surface area contributed by atoms with E-state index in [1.807, 2.05) is 4.90 Å². The summed E-state index contributed by atoms with van der Waals surface area (Å²) in [7, 11) is 0. The lowest BCUT2D eigenvalue weighted by Gasteiger charge is -2.31. The Morgan fingerprint density at radius 3 is 2.54 bits per heavy atom. The Bertz CT molecular complexity index is 841. The summed E-state index contributed by atoms with van der Waals surface area (Å²) >= 11 is 0. The van der Waals surface area contributed by atoms with Crippen molar-refractivity contribution in [1.82, 2.24) is 14.9 Å². The second-order valence-electron chi connectivity index (χ2n) is 7.02. The number of nitrogens with one attached hydrogen (secondary N) is 1. The number of aromatic nitrogens is 2.